The highest BCUT2D eigenvalue weighted by Crippen LogP contribution is 2.10. The van der Waals surface area contributed by atoms with E-state index >= 15 is 0 Å². The predicted molar refractivity (Wildman–Crippen MR) is 60.6 cm³/mol. The van der Waals surface area contributed by atoms with E-state index in [1.54, 1.807) is 0 Å². The van der Waals surface area contributed by atoms with Crippen LogP contribution >= 0.6 is 0 Å². The Balaban J connectivity index is 1.89. The summed E-state index contributed by atoms with van der Waals surface area (Å²) in [7, 11) is 0. The molecule has 0 spiro atoms. The molecular formula is C12H17N2O-. The van der Waals surface area contributed by atoms with Crippen LogP contribution in [-0.4, -0.2) is 37.2 Å². The second kappa shape index (κ2) is 5.26. The lowest BCUT2D eigenvalue weighted by Crippen LogP contribution is -2.42. The Labute approximate surface area is 90.8 Å². The van der Waals surface area contributed by atoms with E-state index in [1.807, 2.05) is 6.07 Å². The lowest BCUT2D eigenvalue weighted by atomic mass is 10.2. The molecule has 1 unspecified atom stereocenters. The summed E-state index contributed by atoms with van der Waals surface area (Å²) in [5.74, 6) is 0. The van der Waals surface area contributed by atoms with Crippen LogP contribution in [0.15, 0.2) is 30.3 Å². The molecule has 0 radical (unpaired) electrons. The lowest BCUT2D eigenvalue weighted by molar-refractivity contribution is -0.0223. The van der Waals surface area contributed by atoms with E-state index in [0.717, 1.165) is 26.2 Å². The van der Waals surface area contributed by atoms with Gasteiger partial charge >= 0.3 is 0 Å². The molecule has 1 saturated heterocycles. The van der Waals surface area contributed by atoms with Crippen molar-refractivity contribution in [3.8, 4) is 0 Å². The highest BCUT2D eigenvalue weighted by molar-refractivity contribution is 5.14. The van der Waals surface area contributed by atoms with E-state index in [4.69, 9.17) is 10.5 Å². The number of hydrogen-bond donors (Lipinski definition) is 0. The van der Waals surface area contributed by atoms with Crippen molar-refractivity contribution in [1.29, 1.82) is 0 Å². The first kappa shape index (κ1) is 10.6. The summed E-state index contributed by atoms with van der Waals surface area (Å²) >= 11 is 0. The van der Waals surface area contributed by atoms with Crippen molar-refractivity contribution in [3.63, 3.8) is 0 Å². The molecule has 1 aromatic rings. The molecule has 1 N–H and O–H groups in total. The molecule has 1 aromatic carbocycles. The Bertz CT molecular complexity index is 289. The van der Waals surface area contributed by atoms with Crippen molar-refractivity contribution in [1.82, 2.24) is 4.90 Å². The van der Waals surface area contributed by atoms with Gasteiger partial charge < -0.3 is 10.5 Å². The van der Waals surface area contributed by atoms with Gasteiger partial charge in [-0.05, 0) is 5.56 Å². The molecule has 3 heteroatoms. The number of nitrogens with zero attached hydrogens (tertiary/aromatic N) is 1. The normalized spacial score (nSPS) is 22.9. The molecule has 0 saturated carbocycles. The summed E-state index contributed by atoms with van der Waals surface area (Å²) in [5.41, 5.74) is 8.65. The van der Waals surface area contributed by atoms with Crippen LogP contribution in [0.2, 0.25) is 0 Å². The predicted octanol–water partition coefficient (Wildman–Crippen LogP) is 1.94. The molecule has 1 fully saturated rings. The van der Waals surface area contributed by atoms with Crippen molar-refractivity contribution in [2.45, 2.75) is 12.6 Å². The number of morpholine rings is 1. The zero-order chi connectivity index (χ0) is 10.5. The van der Waals surface area contributed by atoms with Gasteiger partial charge in [0.1, 0.15) is 0 Å². The van der Waals surface area contributed by atoms with E-state index in [0.29, 0.717) is 6.54 Å². The molecule has 1 aliphatic heterocycles. The first-order valence-electron chi connectivity index (χ1n) is 5.41. The maximum absolute atomic E-state index is 7.32. The third-order valence-corrected chi connectivity index (χ3v) is 2.70. The monoisotopic (exact) mass is 205 g/mol. The minimum atomic E-state index is 0.0995. The Morgan fingerprint density at radius 2 is 2.13 bits per heavy atom. The summed E-state index contributed by atoms with van der Waals surface area (Å²) in [5, 5.41) is 0. The molecule has 1 aliphatic rings. The van der Waals surface area contributed by atoms with Crippen molar-refractivity contribution in [3.05, 3.63) is 41.6 Å². The topological polar surface area (TPSA) is 36.3 Å². The molecule has 3 nitrogen and oxygen atoms in total. The third-order valence-electron chi connectivity index (χ3n) is 2.70. The van der Waals surface area contributed by atoms with Gasteiger partial charge in [0.25, 0.3) is 0 Å². The molecule has 82 valence electrons. The summed E-state index contributed by atoms with van der Waals surface area (Å²) in [6.45, 7) is 3.96. The number of rotatable bonds is 3. The average molecular weight is 205 g/mol. The molecular weight excluding hydrogens is 188 g/mol. The minimum absolute atomic E-state index is 0.0995. The van der Waals surface area contributed by atoms with Crippen LogP contribution in [0, 0.1) is 0 Å². The number of hydrogen-bond acceptors (Lipinski definition) is 2. The second-order valence-corrected chi connectivity index (χ2v) is 3.92. The Morgan fingerprint density at radius 1 is 1.33 bits per heavy atom. The fourth-order valence-corrected chi connectivity index (χ4v) is 1.89. The van der Waals surface area contributed by atoms with Crippen molar-refractivity contribution < 1.29 is 4.74 Å². The maximum Gasteiger partial charge on any atom is 0.0597 e. The average Bonchev–Trinajstić information content (AvgIpc) is 2.31. The molecule has 0 aliphatic carbocycles. The van der Waals surface area contributed by atoms with Crippen molar-refractivity contribution in [2.75, 3.05) is 26.2 Å². The maximum atomic E-state index is 7.32. The first-order valence-corrected chi connectivity index (χ1v) is 5.41. The molecule has 15 heavy (non-hydrogen) atoms. The number of ether oxygens (including phenoxy) is 1. The zero-order valence-electron chi connectivity index (χ0n) is 8.86. The fourth-order valence-electron chi connectivity index (χ4n) is 1.89. The van der Waals surface area contributed by atoms with Crippen LogP contribution in [0.25, 0.3) is 5.73 Å². The smallest absolute Gasteiger partial charge is 0.0597 e. The Hall–Kier alpha value is -0.900. The molecule has 1 atom stereocenters. The van der Waals surface area contributed by atoms with E-state index in [-0.39, 0.29) is 6.10 Å². The molecule has 1 heterocycles. The SMILES string of the molecule is [NH-]CC1CN(Cc2ccccc2)CCO1. The van der Waals surface area contributed by atoms with Crippen LogP contribution in [0.4, 0.5) is 0 Å². The highest BCUT2D eigenvalue weighted by atomic mass is 16.5. The lowest BCUT2D eigenvalue weighted by Gasteiger charge is -2.34. The van der Waals surface area contributed by atoms with Gasteiger partial charge in [-0.2, -0.15) is 0 Å². The zero-order valence-corrected chi connectivity index (χ0v) is 8.86. The van der Waals surface area contributed by atoms with Gasteiger partial charge in [-0.25, -0.2) is 0 Å². The minimum Gasteiger partial charge on any atom is -0.675 e. The van der Waals surface area contributed by atoms with Crippen LogP contribution in [0.5, 0.6) is 0 Å². The third kappa shape index (κ3) is 3.02. The van der Waals surface area contributed by atoms with Crippen LogP contribution in [0.3, 0.4) is 0 Å². The molecule has 2 rings (SSSR count). The Morgan fingerprint density at radius 3 is 2.87 bits per heavy atom. The standard InChI is InChI=1S/C12H17N2O/c13-8-12-10-14(6-7-15-12)9-11-4-2-1-3-5-11/h1-5,12-13H,6-10H2/q-1. The van der Waals surface area contributed by atoms with E-state index in [1.165, 1.54) is 5.56 Å². The summed E-state index contributed by atoms with van der Waals surface area (Å²) in [4.78, 5) is 2.36. The van der Waals surface area contributed by atoms with E-state index < -0.39 is 0 Å². The van der Waals surface area contributed by atoms with Crippen LogP contribution in [0.1, 0.15) is 5.56 Å². The van der Waals surface area contributed by atoms with Gasteiger partial charge in [-0.1, -0.05) is 30.3 Å². The summed E-state index contributed by atoms with van der Waals surface area (Å²) in [6, 6.07) is 10.5. The fraction of sp³-hybridized carbons (Fsp3) is 0.500. The van der Waals surface area contributed by atoms with E-state index in [2.05, 4.69) is 29.2 Å². The second-order valence-electron chi connectivity index (χ2n) is 3.92. The van der Waals surface area contributed by atoms with Crippen molar-refractivity contribution in [2.24, 2.45) is 0 Å². The first-order chi connectivity index (χ1) is 7.38. The molecule has 0 aromatic heterocycles. The van der Waals surface area contributed by atoms with Crippen LogP contribution < -0.4 is 0 Å². The van der Waals surface area contributed by atoms with Gasteiger partial charge in [0.15, 0.2) is 0 Å². The highest BCUT2D eigenvalue weighted by Gasteiger charge is 2.16. The Kier molecular flexibility index (Phi) is 3.72. The van der Waals surface area contributed by atoms with Crippen LogP contribution in [-0.2, 0) is 11.3 Å². The summed E-state index contributed by atoms with van der Waals surface area (Å²) in [6.07, 6.45) is 0.0995. The van der Waals surface area contributed by atoms with Gasteiger partial charge in [0.2, 0.25) is 0 Å². The van der Waals surface area contributed by atoms with Crippen molar-refractivity contribution >= 4 is 0 Å². The largest absolute Gasteiger partial charge is 0.675 e. The van der Waals surface area contributed by atoms with Gasteiger partial charge in [0.05, 0.1) is 12.7 Å². The van der Waals surface area contributed by atoms with Gasteiger partial charge in [-0.15, -0.1) is 6.54 Å². The molecule has 0 bridgehead atoms. The van der Waals surface area contributed by atoms with Gasteiger partial charge in [0, 0.05) is 19.6 Å². The number of nitrogens with one attached hydrogen (secondary N) is 1. The molecule has 0 amide bonds. The summed E-state index contributed by atoms with van der Waals surface area (Å²) < 4.78 is 5.47. The number of benzene rings is 1. The van der Waals surface area contributed by atoms with E-state index in [9.17, 15) is 0 Å². The quantitative estimate of drug-likeness (QED) is 0.756. The van der Waals surface area contributed by atoms with Gasteiger partial charge in [-0.3, -0.25) is 4.90 Å².